The summed E-state index contributed by atoms with van der Waals surface area (Å²) in [6, 6.07) is 5.39. The van der Waals surface area contributed by atoms with Gasteiger partial charge < -0.3 is 5.32 Å². The SMILES string of the molecule is Cc1cnn(CCNCc2cc(=O)n3cccc(C)c3n2)c1. The number of aryl methyl sites for hydroxylation is 2. The van der Waals surface area contributed by atoms with Crippen LogP contribution in [0.5, 0.6) is 0 Å². The Morgan fingerprint density at radius 3 is 2.95 bits per heavy atom. The van der Waals surface area contributed by atoms with Crippen molar-refractivity contribution in [3.63, 3.8) is 0 Å². The van der Waals surface area contributed by atoms with Crippen molar-refractivity contribution in [1.82, 2.24) is 24.5 Å². The Morgan fingerprint density at radius 1 is 1.32 bits per heavy atom. The third-order valence-electron chi connectivity index (χ3n) is 3.53. The third kappa shape index (κ3) is 3.07. The molecule has 3 aromatic rings. The van der Waals surface area contributed by atoms with E-state index in [2.05, 4.69) is 15.4 Å². The number of fused-ring (bicyclic) bond motifs is 1. The van der Waals surface area contributed by atoms with E-state index in [1.807, 2.05) is 43.1 Å². The van der Waals surface area contributed by atoms with Crippen LogP contribution in [0.25, 0.3) is 5.65 Å². The highest BCUT2D eigenvalue weighted by Gasteiger charge is 2.04. The molecular weight excluding hydrogens is 278 g/mol. The van der Waals surface area contributed by atoms with Crippen molar-refractivity contribution in [3.8, 4) is 0 Å². The molecule has 0 aliphatic heterocycles. The second-order valence-corrected chi connectivity index (χ2v) is 5.43. The summed E-state index contributed by atoms with van der Waals surface area (Å²) in [6.45, 7) is 6.11. The fourth-order valence-corrected chi connectivity index (χ4v) is 2.40. The van der Waals surface area contributed by atoms with Gasteiger partial charge in [0.25, 0.3) is 5.56 Å². The van der Waals surface area contributed by atoms with Crippen LogP contribution in [-0.2, 0) is 13.1 Å². The molecule has 0 atom stereocenters. The number of hydrogen-bond acceptors (Lipinski definition) is 4. The van der Waals surface area contributed by atoms with E-state index in [0.29, 0.717) is 6.54 Å². The summed E-state index contributed by atoms with van der Waals surface area (Å²) in [7, 11) is 0. The van der Waals surface area contributed by atoms with E-state index in [0.717, 1.165) is 35.6 Å². The maximum atomic E-state index is 12.1. The van der Waals surface area contributed by atoms with Crippen LogP contribution in [0.4, 0.5) is 0 Å². The van der Waals surface area contributed by atoms with Gasteiger partial charge in [-0.2, -0.15) is 5.10 Å². The van der Waals surface area contributed by atoms with E-state index in [1.165, 1.54) is 0 Å². The summed E-state index contributed by atoms with van der Waals surface area (Å²) in [4.78, 5) is 16.7. The van der Waals surface area contributed by atoms with Crippen molar-refractivity contribution in [2.75, 3.05) is 6.54 Å². The highest BCUT2D eigenvalue weighted by atomic mass is 16.1. The summed E-state index contributed by atoms with van der Waals surface area (Å²) >= 11 is 0. The molecule has 0 bridgehead atoms. The normalized spacial score (nSPS) is 11.2. The van der Waals surface area contributed by atoms with E-state index in [1.54, 1.807) is 16.7 Å². The van der Waals surface area contributed by atoms with Crippen LogP contribution in [0.2, 0.25) is 0 Å². The van der Waals surface area contributed by atoms with Crippen LogP contribution < -0.4 is 10.9 Å². The van der Waals surface area contributed by atoms with Crippen molar-refractivity contribution in [2.45, 2.75) is 26.9 Å². The highest BCUT2D eigenvalue weighted by Crippen LogP contribution is 2.05. The van der Waals surface area contributed by atoms with Crippen molar-refractivity contribution < 1.29 is 0 Å². The molecule has 1 N–H and O–H groups in total. The van der Waals surface area contributed by atoms with Crippen molar-refractivity contribution in [1.29, 1.82) is 0 Å². The molecule has 3 rings (SSSR count). The maximum absolute atomic E-state index is 12.1. The molecule has 22 heavy (non-hydrogen) atoms. The first kappa shape index (κ1) is 14.5. The minimum Gasteiger partial charge on any atom is -0.309 e. The molecule has 0 unspecified atom stereocenters. The van der Waals surface area contributed by atoms with Gasteiger partial charge in [-0.1, -0.05) is 6.07 Å². The summed E-state index contributed by atoms with van der Waals surface area (Å²) in [5, 5.41) is 7.53. The number of nitrogens with zero attached hydrogens (tertiary/aromatic N) is 4. The Kier molecular flexibility index (Phi) is 4.02. The first-order valence-electron chi connectivity index (χ1n) is 7.31. The minimum absolute atomic E-state index is 0.0480. The largest absolute Gasteiger partial charge is 0.309 e. The van der Waals surface area contributed by atoms with E-state index in [4.69, 9.17) is 0 Å². The first-order valence-corrected chi connectivity index (χ1v) is 7.31. The fourth-order valence-electron chi connectivity index (χ4n) is 2.40. The molecule has 0 radical (unpaired) electrons. The summed E-state index contributed by atoms with van der Waals surface area (Å²) in [5.74, 6) is 0. The van der Waals surface area contributed by atoms with Crippen molar-refractivity contribution >= 4 is 5.65 Å². The minimum atomic E-state index is -0.0480. The quantitative estimate of drug-likeness (QED) is 0.721. The molecule has 0 saturated carbocycles. The van der Waals surface area contributed by atoms with E-state index in [9.17, 15) is 4.79 Å². The number of aromatic nitrogens is 4. The molecule has 6 nitrogen and oxygen atoms in total. The molecule has 6 heteroatoms. The molecule has 0 saturated heterocycles. The van der Waals surface area contributed by atoms with Crippen molar-refractivity contribution in [2.24, 2.45) is 0 Å². The molecule has 0 amide bonds. The summed E-state index contributed by atoms with van der Waals surface area (Å²) in [6.07, 6.45) is 5.59. The number of pyridine rings is 1. The molecule has 3 aromatic heterocycles. The highest BCUT2D eigenvalue weighted by molar-refractivity contribution is 5.46. The van der Waals surface area contributed by atoms with Crippen LogP contribution >= 0.6 is 0 Å². The lowest BCUT2D eigenvalue weighted by Gasteiger charge is -2.07. The van der Waals surface area contributed by atoms with Crippen molar-refractivity contribution in [3.05, 3.63) is 64.0 Å². The second-order valence-electron chi connectivity index (χ2n) is 5.43. The second kappa shape index (κ2) is 6.11. The Morgan fingerprint density at radius 2 is 2.18 bits per heavy atom. The molecule has 0 fully saturated rings. The van der Waals surface area contributed by atoms with Gasteiger partial charge in [-0.15, -0.1) is 0 Å². The van der Waals surface area contributed by atoms with E-state index < -0.39 is 0 Å². The zero-order valence-corrected chi connectivity index (χ0v) is 12.8. The van der Waals surface area contributed by atoms with Gasteiger partial charge in [-0.25, -0.2) is 4.98 Å². The molecule has 114 valence electrons. The Balaban J connectivity index is 1.66. The molecule has 0 aromatic carbocycles. The number of nitrogens with one attached hydrogen (secondary N) is 1. The average molecular weight is 297 g/mol. The van der Waals surface area contributed by atoms with Gasteiger partial charge in [0, 0.05) is 31.5 Å². The van der Waals surface area contributed by atoms with Crippen LogP contribution in [0.15, 0.2) is 41.6 Å². The van der Waals surface area contributed by atoms with Gasteiger partial charge in [0.1, 0.15) is 5.65 Å². The van der Waals surface area contributed by atoms with Gasteiger partial charge in [0.2, 0.25) is 0 Å². The number of rotatable bonds is 5. The first-order chi connectivity index (χ1) is 10.6. The molecule has 0 spiro atoms. The Hall–Kier alpha value is -2.47. The van der Waals surface area contributed by atoms with Crippen LogP contribution in [0, 0.1) is 13.8 Å². The predicted octanol–water partition coefficient (Wildman–Crippen LogP) is 1.30. The maximum Gasteiger partial charge on any atom is 0.258 e. The topological polar surface area (TPSA) is 64.2 Å². The fraction of sp³-hybridized carbons (Fsp3) is 0.312. The third-order valence-corrected chi connectivity index (χ3v) is 3.53. The molecule has 3 heterocycles. The lowest BCUT2D eigenvalue weighted by atomic mass is 10.3. The van der Waals surface area contributed by atoms with Crippen LogP contribution in [0.1, 0.15) is 16.8 Å². The summed E-state index contributed by atoms with van der Waals surface area (Å²) < 4.78 is 3.47. The van der Waals surface area contributed by atoms with Gasteiger partial charge in [0.05, 0.1) is 18.4 Å². The molecular formula is C16H19N5O. The number of hydrogen-bond donors (Lipinski definition) is 1. The lowest BCUT2D eigenvalue weighted by molar-refractivity contribution is 0.551. The smallest absolute Gasteiger partial charge is 0.258 e. The van der Waals surface area contributed by atoms with Crippen LogP contribution in [0.3, 0.4) is 0 Å². The summed E-state index contributed by atoms with van der Waals surface area (Å²) in [5.41, 5.74) is 3.58. The van der Waals surface area contributed by atoms with Gasteiger partial charge in [0.15, 0.2) is 0 Å². The Bertz CT molecular complexity index is 849. The zero-order chi connectivity index (χ0) is 15.5. The molecule has 0 aliphatic carbocycles. The van der Waals surface area contributed by atoms with E-state index >= 15 is 0 Å². The van der Waals surface area contributed by atoms with E-state index in [-0.39, 0.29) is 5.56 Å². The Labute approximate surface area is 128 Å². The monoisotopic (exact) mass is 297 g/mol. The molecule has 0 aliphatic rings. The van der Waals surface area contributed by atoms with Gasteiger partial charge >= 0.3 is 0 Å². The lowest BCUT2D eigenvalue weighted by Crippen LogP contribution is -2.23. The standard InChI is InChI=1S/C16H19N5O/c1-12-9-18-20(11-12)7-5-17-10-14-8-15(22)21-6-3-4-13(2)16(21)19-14/h3-4,6,8-9,11,17H,5,7,10H2,1-2H3. The predicted molar refractivity (Wildman–Crippen MR) is 84.9 cm³/mol. The van der Waals surface area contributed by atoms with Gasteiger partial charge in [-0.05, 0) is 31.0 Å². The van der Waals surface area contributed by atoms with Crippen LogP contribution in [-0.4, -0.2) is 25.7 Å². The van der Waals surface area contributed by atoms with Gasteiger partial charge in [-0.3, -0.25) is 13.9 Å². The zero-order valence-electron chi connectivity index (χ0n) is 12.8. The average Bonchev–Trinajstić information content (AvgIpc) is 2.90.